The van der Waals surface area contributed by atoms with Crippen LogP contribution in [0.25, 0.3) is 10.2 Å². The second kappa shape index (κ2) is 5.60. The van der Waals surface area contributed by atoms with Gasteiger partial charge >= 0.3 is 0 Å². The van der Waals surface area contributed by atoms with Crippen molar-refractivity contribution in [2.45, 2.75) is 51.1 Å². The van der Waals surface area contributed by atoms with Crippen LogP contribution in [0.1, 0.15) is 54.4 Å². The van der Waals surface area contributed by atoms with Crippen LogP contribution in [-0.2, 0) is 7.05 Å². The highest BCUT2D eigenvalue weighted by atomic mass is 32.1. The van der Waals surface area contributed by atoms with Gasteiger partial charge in [0.15, 0.2) is 0 Å². The Morgan fingerprint density at radius 2 is 2.13 bits per heavy atom. The lowest BCUT2D eigenvalue weighted by atomic mass is 10.1. The lowest BCUT2D eigenvalue weighted by Crippen LogP contribution is -2.42. The first-order valence-corrected chi connectivity index (χ1v) is 9.37. The van der Waals surface area contributed by atoms with E-state index in [1.165, 1.54) is 0 Å². The number of hydrogen-bond donors (Lipinski definition) is 1. The zero-order chi connectivity index (χ0) is 16.1. The van der Waals surface area contributed by atoms with Gasteiger partial charge in [-0.3, -0.25) is 9.48 Å². The number of nitrogens with one attached hydrogen (secondary N) is 1. The fraction of sp³-hybridized carbons (Fsp3) is 0.647. The maximum absolute atomic E-state index is 13.2. The van der Waals surface area contributed by atoms with Crippen molar-refractivity contribution < 1.29 is 4.79 Å². The van der Waals surface area contributed by atoms with Crippen molar-refractivity contribution in [1.29, 1.82) is 0 Å². The molecule has 2 bridgehead atoms. The zero-order valence-electron chi connectivity index (χ0n) is 14.0. The molecule has 4 heterocycles. The van der Waals surface area contributed by atoms with Gasteiger partial charge in [-0.15, -0.1) is 11.3 Å². The molecule has 0 aromatic carbocycles. The Hall–Kier alpha value is -1.40. The van der Waals surface area contributed by atoms with Crippen LogP contribution in [0, 0.1) is 0 Å². The normalized spacial score (nSPS) is 24.6. The molecule has 5 nitrogen and oxygen atoms in total. The Morgan fingerprint density at radius 3 is 2.91 bits per heavy atom. The Labute approximate surface area is 140 Å². The minimum Gasteiger partial charge on any atom is -0.331 e. The molecule has 2 aromatic heterocycles. The average molecular weight is 332 g/mol. The number of nitrogens with zero attached hydrogens (tertiary/aromatic N) is 3. The van der Waals surface area contributed by atoms with Gasteiger partial charge in [0.2, 0.25) is 0 Å². The van der Waals surface area contributed by atoms with Crippen LogP contribution in [-0.4, -0.2) is 45.8 Å². The predicted octanol–water partition coefficient (Wildman–Crippen LogP) is 2.72. The summed E-state index contributed by atoms with van der Waals surface area (Å²) in [5.41, 5.74) is 1.10. The number of hydrogen-bond acceptors (Lipinski definition) is 4. The van der Waals surface area contributed by atoms with E-state index in [4.69, 9.17) is 0 Å². The first-order chi connectivity index (χ1) is 11.1. The van der Waals surface area contributed by atoms with Crippen molar-refractivity contribution >= 4 is 27.5 Å². The van der Waals surface area contributed by atoms with Crippen LogP contribution in [0.5, 0.6) is 0 Å². The first kappa shape index (κ1) is 15.1. The Kier molecular flexibility index (Phi) is 3.69. The molecule has 2 atom stereocenters. The Balaban J connectivity index is 1.71. The minimum atomic E-state index is 0.220. The molecule has 1 amide bonds. The maximum Gasteiger partial charge on any atom is 0.264 e. The predicted molar refractivity (Wildman–Crippen MR) is 93.1 cm³/mol. The monoisotopic (exact) mass is 332 g/mol. The number of carbonyl (C=O) groups is 1. The molecule has 124 valence electrons. The molecule has 4 rings (SSSR count). The van der Waals surface area contributed by atoms with Gasteiger partial charge in [0, 0.05) is 31.1 Å². The minimum absolute atomic E-state index is 0.220. The highest BCUT2D eigenvalue weighted by Gasteiger charge is 2.39. The summed E-state index contributed by atoms with van der Waals surface area (Å²) >= 11 is 1.59. The molecular formula is C17H24N4OS. The number of thiophene rings is 1. The third-order valence-corrected chi connectivity index (χ3v) is 6.38. The van der Waals surface area contributed by atoms with Gasteiger partial charge in [0.05, 0.1) is 10.6 Å². The van der Waals surface area contributed by atoms with E-state index in [-0.39, 0.29) is 5.91 Å². The second-order valence-corrected chi connectivity index (χ2v) is 8.11. The van der Waals surface area contributed by atoms with Gasteiger partial charge in [-0.1, -0.05) is 13.8 Å². The number of aromatic nitrogens is 2. The first-order valence-electron chi connectivity index (χ1n) is 8.56. The highest BCUT2D eigenvalue weighted by Crippen LogP contribution is 2.35. The van der Waals surface area contributed by atoms with Crippen LogP contribution in [0.3, 0.4) is 0 Å². The van der Waals surface area contributed by atoms with E-state index >= 15 is 0 Å². The van der Waals surface area contributed by atoms with E-state index in [0.29, 0.717) is 18.0 Å². The van der Waals surface area contributed by atoms with Crippen molar-refractivity contribution in [2.75, 3.05) is 13.1 Å². The Morgan fingerprint density at radius 1 is 1.35 bits per heavy atom. The van der Waals surface area contributed by atoms with Gasteiger partial charge in [-0.25, -0.2) is 0 Å². The topological polar surface area (TPSA) is 50.2 Å². The highest BCUT2D eigenvalue weighted by molar-refractivity contribution is 7.20. The molecule has 23 heavy (non-hydrogen) atoms. The summed E-state index contributed by atoms with van der Waals surface area (Å²) in [6.07, 6.45) is 3.36. The summed E-state index contributed by atoms with van der Waals surface area (Å²) in [6.45, 7) is 6.27. The van der Waals surface area contributed by atoms with Crippen molar-refractivity contribution in [1.82, 2.24) is 20.0 Å². The number of carbonyl (C=O) groups excluding carboxylic acids is 1. The van der Waals surface area contributed by atoms with Crippen molar-refractivity contribution in [3.8, 4) is 0 Å². The van der Waals surface area contributed by atoms with Crippen LogP contribution >= 0.6 is 11.3 Å². The molecule has 6 heteroatoms. The molecule has 1 N–H and O–H groups in total. The van der Waals surface area contributed by atoms with Gasteiger partial charge in [0.1, 0.15) is 4.83 Å². The number of amides is 1. The average Bonchev–Trinajstić information content (AvgIpc) is 3.11. The molecule has 0 aliphatic carbocycles. The standard InChI is InChI=1S/C17H24N4OS/c1-10(2)15-13-8-14(23-17(13)20(3)19-15)16(22)21-11-4-5-12(21)9-18-7-6-11/h8,10-12,18H,4-7,9H2,1-3H3. The molecule has 2 aliphatic heterocycles. The quantitative estimate of drug-likeness (QED) is 0.920. The van der Waals surface area contributed by atoms with Crippen molar-refractivity contribution in [3.63, 3.8) is 0 Å². The van der Waals surface area contributed by atoms with Crippen LogP contribution < -0.4 is 5.32 Å². The van der Waals surface area contributed by atoms with Crippen molar-refractivity contribution in [3.05, 3.63) is 16.6 Å². The van der Waals surface area contributed by atoms with Crippen LogP contribution in [0.15, 0.2) is 6.07 Å². The van der Waals surface area contributed by atoms with E-state index in [1.54, 1.807) is 11.3 Å². The van der Waals surface area contributed by atoms with Crippen LogP contribution in [0.2, 0.25) is 0 Å². The summed E-state index contributed by atoms with van der Waals surface area (Å²) in [6, 6.07) is 2.85. The van der Waals surface area contributed by atoms with Gasteiger partial charge in [-0.2, -0.15) is 5.10 Å². The van der Waals surface area contributed by atoms with Crippen LogP contribution in [0.4, 0.5) is 0 Å². The van der Waals surface area contributed by atoms with Crippen molar-refractivity contribution in [2.24, 2.45) is 7.05 Å². The van der Waals surface area contributed by atoms with E-state index in [2.05, 4.69) is 35.2 Å². The summed E-state index contributed by atoms with van der Waals surface area (Å²) in [5, 5.41) is 9.23. The van der Waals surface area contributed by atoms with Gasteiger partial charge < -0.3 is 10.2 Å². The van der Waals surface area contributed by atoms with E-state index in [0.717, 1.165) is 53.1 Å². The van der Waals surface area contributed by atoms with E-state index in [1.807, 2.05) is 11.7 Å². The lowest BCUT2D eigenvalue weighted by molar-refractivity contribution is 0.0685. The molecule has 0 radical (unpaired) electrons. The number of aryl methyl sites for hydroxylation is 1. The second-order valence-electron chi connectivity index (χ2n) is 7.08. The zero-order valence-corrected chi connectivity index (χ0v) is 14.8. The van der Waals surface area contributed by atoms with Gasteiger partial charge in [-0.05, 0) is 37.8 Å². The SMILES string of the molecule is CC(C)c1nn(C)c2sc(C(=O)N3C4CCNCC3CC4)cc12. The van der Waals surface area contributed by atoms with E-state index < -0.39 is 0 Å². The third kappa shape index (κ3) is 2.39. The largest absolute Gasteiger partial charge is 0.331 e. The number of rotatable bonds is 2. The molecule has 2 unspecified atom stereocenters. The summed E-state index contributed by atoms with van der Waals surface area (Å²) < 4.78 is 1.92. The van der Waals surface area contributed by atoms with Gasteiger partial charge in [0.25, 0.3) is 5.91 Å². The fourth-order valence-corrected chi connectivity index (χ4v) is 5.06. The Bertz CT molecular complexity index is 733. The fourth-order valence-electron chi connectivity index (χ4n) is 4.04. The molecule has 0 spiro atoms. The summed E-state index contributed by atoms with van der Waals surface area (Å²) in [7, 11) is 1.97. The maximum atomic E-state index is 13.2. The molecule has 2 aromatic rings. The molecule has 0 saturated carbocycles. The summed E-state index contributed by atoms with van der Waals surface area (Å²) in [5.74, 6) is 0.590. The summed E-state index contributed by atoms with van der Waals surface area (Å²) in [4.78, 5) is 17.3. The molecule has 2 aliphatic rings. The smallest absolute Gasteiger partial charge is 0.264 e. The van der Waals surface area contributed by atoms with E-state index in [9.17, 15) is 4.79 Å². The number of fused-ring (bicyclic) bond motifs is 3. The molecule has 2 saturated heterocycles. The lowest BCUT2D eigenvalue weighted by Gasteiger charge is -2.27. The third-order valence-electron chi connectivity index (χ3n) is 5.19. The molecule has 2 fully saturated rings. The molecular weight excluding hydrogens is 308 g/mol.